The smallest absolute Gasteiger partial charge is 0.428 e. The van der Waals surface area contributed by atoms with E-state index in [1.165, 1.54) is 62.3 Å². The van der Waals surface area contributed by atoms with Gasteiger partial charge in [-0.05, 0) is 164 Å². The number of hydrogen-bond donors (Lipinski definition) is 4. The van der Waals surface area contributed by atoms with E-state index in [0.717, 1.165) is 0 Å². The van der Waals surface area contributed by atoms with Crippen molar-refractivity contribution in [2.45, 2.75) is 204 Å². The highest BCUT2D eigenvalue weighted by molar-refractivity contribution is 5.87. The average molecular weight is 1000 g/mol. The first-order chi connectivity index (χ1) is 29.4. The molecule has 9 unspecified atom stereocenters. The molecule has 22 heteroatoms. The van der Waals surface area contributed by atoms with Crippen molar-refractivity contribution in [3.05, 3.63) is 12.2 Å². The summed E-state index contributed by atoms with van der Waals surface area (Å²) in [5.41, 5.74) is -19.6. The lowest BCUT2D eigenvalue weighted by molar-refractivity contribution is -0.383. The third kappa shape index (κ3) is 15.5. The van der Waals surface area contributed by atoms with Crippen LogP contribution in [0.4, 0.5) is 52.7 Å². The van der Waals surface area contributed by atoms with E-state index in [-0.39, 0.29) is 50.7 Å². The average Bonchev–Trinajstić information content (AvgIpc) is 3.14. The standard InChI is InChI=1S/C45H72F12O10/c1-25(2)33(58)67-32(26-15-28(35(5,6)63-21-34(3,4)59)19-29(16-26)36(7,8)64-22-39(13,60)42(46,47)48)27-17-30(37(9,10)65-23-40(14,61)43(49,50)51)20-31(18-27)38(11,12)66-24-41(62,44(52,53)54)45(55,56)57/h26-32,59-62H,1,15-24H2,2-14H3. The van der Waals surface area contributed by atoms with Gasteiger partial charge >= 0.3 is 30.7 Å². The van der Waals surface area contributed by atoms with Crippen LogP contribution in [0.1, 0.15) is 129 Å². The molecule has 0 aromatic heterocycles. The normalized spacial score (nSPS) is 26.1. The van der Waals surface area contributed by atoms with Crippen LogP contribution in [-0.4, -0.2) is 128 Å². The van der Waals surface area contributed by atoms with Crippen LogP contribution in [0, 0.1) is 35.5 Å². The van der Waals surface area contributed by atoms with Gasteiger partial charge in [-0.2, -0.15) is 52.7 Å². The van der Waals surface area contributed by atoms with E-state index in [4.69, 9.17) is 23.7 Å². The monoisotopic (exact) mass is 1000 g/mol. The second-order valence-corrected chi connectivity index (χ2v) is 22.2. The zero-order valence-electron chi connectivity index (χ0n) is 40.6. The molecule has 10 nitrogen and oxygen atoms in total. The Bertz CT molecular complexity index is 1650. The minimum absolute atomic E-state index is 0.0532. The number of alkyl halides is 12. The van der Waals surface area contributed by atoms with Crippen molar-refractivity contribution < 1.29 is 102 Å². The Kier molecular flexibility index (Phi) is 18.5. The molecule has 0 radical (unpaired) electrons. The summed E-state index contributed by atoms with van der Waals surface area (Å²) in [6, 6.07) is 0. The molecule has 0 heterocycles. The van der Waals surface area contributed by atoms with Crippen LogP contribution in [0.5, 0.6) is 0 Å². The fourth-order valence-corrected chi connectivity index (χ4v) is 8.60. The maximum absolute atomic E-state index is 13.8. The van der Waals surface area contributed by atoms with E-state index >= 15 is 0 Å². The molecule has 0 aromatic rings. The van der Waals surface area contributed by atoms with Gasteiger partial charge in [0.15, 0.2) is 11.2 Å². The highest BCUT2D eigenvalue weighted by atomic mass is 19.4. The molecule has 0 bridgehead atoms. The van der Waals surface area contributed by atoms with Crippen LogP contribution in [0.25, 0.3) is 0 Å². The van der Waals surface area contributed by atoms with Crippen molar-refractivity contribution in [3.63, 3.8) is 0 Å². The van der Waals surface area contributed by atoms with Crippen LogP contribution in [0.2, 0.25) is 0 Å². The van der Waals surface area contributed by atoms with Gasteiger partial charge in [-0.1, -0.05) is 6.58 Å². The molecule has 67 heavy (non-hydrogen) atoms. The Labute approximate surface area is 385 Å². The predicted octanol–water partition coefficient (Wildman–Crippen LogP) is 9.97. The Balaban J connectivity index is 2.88. The summed E-state index contributed by atoms with van der Waals surface area (Å²) in [7, 11) is 0. The number of carbonyl (C=O) groups excluding carboxylic acids is 1. The van der Waals surface area contributed by atoms with E-state index in [1.807, 2.05) is 0 Å². The molecular formula is C45H72F12O10. The van der Waals surface area contributed by atoms with Gasteiger partial charge in [0, 0.05) is 5.57 Å². The maximum Gasteiger partial charge on any atom is 0.428 e. The quantitative estimate of drug-likeness (QED) is 0.0529. The Morgan fingerprint density at radius 1 is 0.478 bits per heavy atom. The van der Waals surface area contributed by atoms with E-state index in [9.17, 15) is 77.9 Å². The van der Waals surface area contributed by atoms with Gasteiger partial charge in [-0.25, -0.2) is 4.79 Å². The first-order valence-electron chi connectivity index (χ1n) is 22.0. The number of aliphatic hydroxyl groups is 4. The summed E-state index contributed by atoms with van der Waals surface area (Å²) in [6.45, 7) is 15.6. The molecule has 4 N–H and O–H groups in total. The van der Waals surface area contributed by atoms with Gasteiger partial charge in [0.1, 0.15) is 6.10 Å². The van der Waals surface area contributed by atoms with Gasteiger partial charge in [0.2, 0.25) is 0 Å². The zero-order chi connectivity index (χ0) is 52.8. The SMILES string of the molecule is C=C(C)C(=O)OC(C1CC(C(C)(C)OCC(C)(C)O)CC(C(C)(C)OCC(C)(O)C(F)(F)F)C1)C1CC(C(C)(C)OCC(C)(O)C(F)(F)F)CC(C(C)(C)OCC(O)(C(F)(F)F)C(F)(F)F)C1. The molecule has 9 atom stereocenters. The maximum atomic E-state index is 13.8. The predicted molar refractivity (Wildman–Crippen MR) is 220 cm³/mol. The van der Waals surface area contributed by atoms with Crippen molar-refractivity contribution in [1.29, 1.82) is 0 Å². The van der Waals surface area contributed by atoms with Crippen LogP contribution >= 0.6 is 0 Å². The van der Waals surface area contributed by atoms with Crippen molar-refractivity contribution in [2.75, 3.05) is 26.4 Å². The summed E-state index contributed by atoms with van der Waals surface area (Å²) in [4.78, 5) is 13.6. The van der Waals surface area contributed by atoms with Crippen LogP contribution in [-0.2, 0) is 28.5 Å². The van der Waals surface area contributed by atoms with Crippen LogP contribution in [0.15, 0.2) is 12.2 Å². The second-order valence-electron chi connectivity index (χ2n) is 22.2. The summed E-state index contributed by atoms with van der Waals surface area (Å²) in [5.74, 6) is -5.92. The fraction of sp³-hybridized carbons (Fsp3) is 0.933. The van der Waals surface area contributed by atoms with Gasteiger partial charge in [0.25, 0.3) is 5.60 Å². The second kappa shape index (κ2) is 20.3. The first kappa shape index (κ1) is 61.2. The van der Waals surface area contributed by atoms with Gasteiger partial charge in [0.05, 0.1) is 54.4 Å². The van der Waals surface area contributed by atoms with Gasteiger partial charge < -0.3 is 44.1 Å². The van der Waals surface area contributed by atoms with Gasteiger partial charge in [-0.15, -0.1) is 0 Å². The third-order valence-electron chi connectivity index (χ3n) is 14.0. The lowest BCUT2D eigenvalue weighted by Crippen LogP contribution is -2.61. The zero-order valence-corrected chi connectivity index (χ0v) is 40.6. The topological polar surface area (TPSA) is 144 Å². The highest BCUT2D eigenvalue weighted by Gasteiger charge is 2.71. The number of rotatable bonds is 20. The number of hydrogen-bond acceptors (Lipinski definition) is 10. The molecule has 2 aliphatic carbocycles. The summed E-state index contributed by atoms with van der Waals surface area (Å²) >= 11 is 0. The lowest BCUT2D eigenvalue weighted by atomic mass is 9.59. The van der Waals surface area contributed by atoms with Crippen molar-refractivity contribution >= 4 is 5.97 Å². The molecule has 2 fully saturated rings. The van der Waals surface area contributed by atoms with E-state index in [1.54, 1.807) is 13.8 Å². The fourth-order valence-electron chi connectivity index (χ4n) is 8.60. The summed E-state index contributed by atoms with van der Waals surface area (Å²) in [6.07, 6.45) is -23.9. The first-order valence-corrected chi connectivity index (χ1v) is 22.0. The molecule has 0 spiro atoms. The number of ether oxygens (including phenoxy) is 5. The number of halogens is 12. The summed E-state index contributed by atoms with van der Waals surface area (Å²) < 4.78 is 195. The van der Waals surface area contributed by atoms with Crippen molar-refractivity contribution in [3.8, 4) is 0 Å². The van der Waals surface area contributed by atoms with Gasteiger partial charge in [-0.3, -0.25) is 0 Å². The van der Waals surface area contributed by atoms with Crippen molar-refractivity contribution in [1.82, 2.24) is 0 Å². The Morgan fingerprint density at radius 2 is 0.746 bits per heavy atom. The molecular weight excluding hydrogens is 928 g/mol. The van der Waals surface area contributed by atoms with E-state index in [0.29, 0.717) is 13.8 Å². The van der Waals surface area contributed by atoms with Crippen LogP contribution < -0.4 is 0 Å². The molecule has 0 amide bonds. The van der Waals surface area contributed by atoms with Crippen LogP contribution in [0.3, 0.4) is 0 Å². The number of carbonyl (C=O) groups is 1. The molecule has 2 saturated carbocycles. The van der Waals surface area contributed by atoms with E-state index in [2.05, 4.69) is 6.58 Å². The Hall–Kier alpha value is -1.95. The van der Waals surface area contributed by atoms with Crippen molar-refractivity contribution in [2.24, 2.45) is 35.5 Å². The van der Waals surface area contributed by atoms with E-state index < -0.39 is 137 Å². The third-order valence-corrected chi connectivity index (χ3v) is 14.0. The molecule has 0 aromatic carbocycles. The molecule has 0 aliphatic heterocycles. The lowest BCUT2D eigenvalue weighted by Gasteiger charge is -2.52. The minimum Gasteiger partial charge on any atom is -0.458 e. The summed E-state index contributed by atoms with van der Waals surface area (Å²) in [5, 5.41) is 41.1. The Morgan fingerprint density at radius 3 is 0.985 bits per heavy atom. The molecule has 2 rings (SSSR count). The highest BCUT2D eigenvalue weighted by Crippen LogP contribution is 2.54. The molecule has 2 aliphatic rings. The molecule has 396 valence electrons. The number of esters is 1. The molecule has 0 saturated heterocycles. The minimum atomic E-state index is -6.25. The largest absolute Gasteiger partial charge is 0.458 e.